The second-order valence-corrected chi connectivity index (χ2v) is 6.16. The Hall–Kier alpha value is -2.74. The third-order valence-electron chi connectivity index (χ3n) is 4.84. The Morgan fingerprint density at radius 1 is 1.36 bits per heavy atom. The molecule has 2 rings (SSSR count). The molecule has 6 N–H and O–H groups in total. The van der Waals surface area contributed by atoms with Gasteiger partial charge in [0.2, 0.25) is 5.91 Å². The molecule has 1 aromatic carbocycles. The van der Waals surface area contributed by atoms with Crippen LogP contribution in [0.3, 0.4) is 0 Å². The number of carbonyl (C=O) groups excluding carboxylic acids is 2. The number of ketones is 1. The van der Waals surface area contributed by atoms with Crippen molar-refractivity contribution in [2.45, 2.75) is 19.8 Å². The van der Waals surface area contributed by atoms with E-state index >= 15 is 0 Å². The van der Waals surface area contributed by atoms with Crippen LogP contribution >= 0.6 is 0 Å². The normalized spacial score (nSPS) is 19.5. The van der Waals surface area contributed by atoms with Gasteiger partial charge in [-0.3, -0.25) is 19.8 Å². The minimum atomic E-state index is -1.79. The van der Waals surface area contributed by atoms with Crippen LogP contribution in [0.2, 0.25) is 0 Å². The van der Waals surface area contributed by atoms with Crippen LogP contribution in [0.25, 0.3) is 0 Å². The van der Waals surface area contributed by atoms with E-state index in [0.717, 1.165) is 0 Å². The summed E-state index contributed by atoms with van der Waals surface area (Å²) in [6.45, 7) is 1.51. The number of nitrogens with two attached hydrogens (primary N) is 2. The van der Waals surface area contributed by atoms with Gasteiger partial charge < -0.3 is 21.5 Å². The van der Waals surface area contributed by atoms with Gasteiger partial charge in [-0.1, -0.05) is 0 Å². The molecular weight excluding hydrogens is 324 g/mol. The molecular formula is C17H22N4O4. The maximum absolute atomic E-state index is 12.9. The number of hydrogen-bond acceptors (Lipinski definition) is 5. The highest BCUT2D eigenvalue weighted by Gasteiger charge is 2.55. The van der Waals surface area contributed by atoms with E-state index in [2.05, 4.69) is 0 Å². The molecule has 1 aliphatic heterocycles. The van der Waals surface area contributed by atoms with E-state index in [1.807, 2.05) is 0 Å². The number of benzene rings is 1. The standard InChI is InChI=1S/C17H22N4O4/c1-10(22)17(7-8-18,16(24)25)13-6-9-21(15(13)23)12-4-2-11(3-5-12)14(19)20/h2-5,13H,6-9,18H2,1H3,(H3,19,20)(H,24,25). The van der Waals surface area contributed by atoms with E-state index in [0.29, 0.717) is 17.8 Å². The SMILES string of the molecule is CC(=O)C(CCN)(C(=O)O)C1CCN(c2ccc(C(=N)N)cc2)C1=O. The molecule has 0 radical (unpaired) electrons. The predicted octanol–water partition coefficient (Wildman–Crippen LogP) is 0.332. The number of nitrogens with one attached hydrogen (secondary N) is 1. The van der Waals surface area contributed by atoms with Crippen LogP contribution in [-0.4, -0.2) is 41.7 Å². The van der Waals surface area contributed by atoms with E-state index in [-0.39, 0.29) is 25.2 Å². The lowest BCUT2D eigenvalue weighted by atomic mass is 9.69. The van der Waals surface area contributed by atoms with Crippen molar-refractivity contribution in [1.82, 2.24) is 0 Å². The smallest absolute Gasteiger partial charge is 0.318 e. The molecule has 1 saturated heterocycles. The lowest BCUT2D eigenvalue weighted by Crippen LogP contribution is -2.49. The van der Waals surface area contributed by atoms with Crippen LogP contribution in [-0.2, 0) is 14.4 Å². The van der Waals surface area contributed by atoms with Gasteiger partial charge in [-0.05, 0) is 50.6 Å². The Morgan fingerprint density at radius 3 is 2.40 bits per heavy atom. The molecule has 134 valence electrons. The van der Waals surface area contributed by atoms with E-state index in [4.69, 9.17) is 16.9 Å². The number of carbonyl (C=O) groups is 3. The number of Topliss-reactive ketones (excluding diaryl/α,β-unsaturated/α-hetero) is 1. The molecule has 8 nitrogen and oxygen atoms in total. The number of hydrogen-bond donors (Lipinski definition) is 4. The highest BCUT2D eigenvalue weighted by atomic mass is 16.4. The molecule has 0 spiro atoms. The van der Waals surface area contributed by atoms with Crippen molar-refractivity contribution in [2.75, 3.05) is 18.0 Å². The number of anilines is 1. The highest BCUT2D eigenvalue weighted by molar-refractivity contribution is 6.10. The average molecular weight is 346 g/mol. The number of nitrogens with zero attached hydrogens (tertiary/aromatic N) is 1. The van der Waals surface area contributed by atoms with Crippen molar-refractivity contribution in [1.29, 1.82) is 5.41 Å². The van der Waals surface area contributed by atoms with E-state index in [1.165, 1.54) is 11.8 Å². The molecule has 0 bridgehead atoms. The van der Waals surface area contributed by atoms with E-state index in [9.17, 15) is 19.5 Å². The number of carboxylic acid groups (broad SMARTS) is 1. The molecule has 8 heteroatoms. The van der Waals surface area contributed by atoms with Gasteiger partial charge >= 0.3 is 5.97 Å². The van der Waals surface area contributed by atoms with Crippen molar-refractivity contribution in [2.24, 2.45) is 22.8 Å². The first-order valence-electron chi connectivity index (χ1n) is 7.96. The van der Waals surface area contributed by atoms with Crippen molar-refractivity contribution in [3.8, 4) is 0 Å². The zero-order valence-corrected chi connectivity index (χ0v) is 14.0. The summed E-state index contributed by atoms with van der Waals surface area (Å²) in [5.41, 5.74) is 10.2. The molecule has 1 heterocycles. The van der Waals surface area contributed by atoms with E-state index in [1.54, 1.807) is 24.3 Å². The summed E-state index contributed by atoms with van der Waals surface area (Å²) in [6.07, 6.45) is 0.185. The zero-order chi connectivity index (χ0) is 18.8. The average Bonchev–Trinajstić information content (AvgIpc) is 2.94. The van der Waals surface area contributed by atoms with Crippen LogP contribution in [0.4, 0.5) is 5.69 Å². The molecule has 2 atom stereocenters. The minimum Gasteiger partial charge on any atom is -0.480 e. The summed E-state index contributed by atoms with van der Waals surface area (Å²) in [7, 11) is 0. The molecule has 1 fully saturated rings. The van der Waals surface area contributed by atoms with Gasteiger partial charge in [0, 0.05) is 17.8 Å². The number of amides is 1. The van der Waals surface area contributed by atoms with Gasteiger partial charge in [0.1, 0.15) is 17.0 Å². The van der Waals surface area contributed by atoms with Crippen LogP contribution in [0.1, 0.15) is 25.3 Å². The molecule has 0 aliphatic carbocycles. The Kier molecular flexibility index (Phi) is 5.22. The first-order chi connectivity index (χ1) is 11.8. The lowest BCUT2D eigenvalue weighted by Gasteiger charge is -2.31. The quantitative estimate of drug-likeness (QED) is 0.317. The molecule has 25 heavy (non-hydrogen) atoms. The van der Waals surface area contributed by atoms with Crippen molar-refractivity contribution < 1.29 is 19.5 Å². The fraction of sp³-hybridized carbons (Fsp3) is 0.412. The summed E-state index contributed by atoms with van der Waals surface area (Å²) in [5.74, 6) is -3.29. The lowest BCUT2D eigenvalue weighted by molar-refractivity contribution is -0.161. The van der Waals surface area contributed by atoms with Crippen LogP contribution in [0.15, 0.2) is 24.3 Å². The van der Waals surface area contributed by atoms with Crippen LogP contribution in [0, 0.1) is 16.7 Å². The van der Waals surface area contributed by atoms with Gasteiger partial charge in [-0.15, -0.1) is 0 Å². The van der Waals surface area contributed by atoms with Gasteiger partial charge in [-0.25, -0.2) is 0 Å². The summed E-state index contributed by atoms with van der Waals surface area (Å²) in [6, 6.07) is 6.54. The maximum Gasteiger partial charge on any atom is 0.318 e. The predicted molar refractivity (Wildman–Crippen MR) is 92.3 cm³/mol. The van der Waals surface area contributed by atoms with Gasteiger partial charge in [0.15, 0.2) is 0 Å². The minimum absolute atomic E-state index is 0.00294. The first-order valence-corrected chi connectivity index (χ1v) is 7.96. The summed E-state index contributed by atoms with van der Waals surface area (Å²) in [5, 5.41) is 17.1. The molecule has 0 saturated carbocycles. The van der Waals surface area contributed by atoms with E-state index < -0.39 is 29.0 Å². The monoisotopic (exact) mass is 346 g/mol. The number of carboxylic acids is 1. The fourth-order valence-electron chi connectivity index (χ4n) is 3.44. The van der Waals surface area contributed by atoms with Crippen LogP contribution < -0.4 is 16.4 Å². The number of amidine groups is 1. The zero-order valence-electron chi connectivity index (χ0n) is 14.0. The number of rotatable bonds is 7. The van der Waals surface area contributed by atoms with Gasteiger partial charge in [0.05, 0.1) is 5.92 Å². The van der Waals surface area contributed by atoms with Crippen molar-refractivity contribution in [3.63, 3.8) is 0 Å². The summed E-state index contributed by atoms with van der Waals surface area (Å²) >= 11 is 0. The van der Waals surface area contributed by atoms with Gasteiger partial charge in [0.25, 0.3) is 0 Å². The Labute approximate surface area is 145 Å². The Balaban J connectivity index is 2.35. The van der Waals surface area contributed by atoms with Crippen molar-refractivity contribution >= 4 is 29.2 Å². The largest absolute Gasteiger partial charge is 0.480 e. The first kappa shape index (κ1) is 18.6. The number of aliphatic carboxylic acids is 1. The Bertz CT molecular complexity index is 700. The fourth-order valence-corrected chi connectivity index (χ4v) is 3.44. The van der Waals surface area contributed by atoms with Gasteiger partial charge in [-0.2, -0.15) is 0 Å². The third-order valence-corrected chi connectivity index (χ3v) is 4.84. The maximum atomic E-state index is 12.9. The molecule has 1 amide bonds. The third kappa shape index (κ3) is 3.12. The molecule has 1 aromatic rings. The highest BCUT2D eigenvalue weighted by Crippen LogP contribution is 2.41. The molecule has 2 unspecified atom stereocenters. The summed E-state index contributed by atoms with van der Waals surface area (Å²) in [4.78, 5) is 38.3. The summed E-state index contributed by atoms with van der Waals surface area (Å²) < 4.78 is 0. The topological polar surface area (TPSA) is 151 Å². The molecule has 0 aromatic heterocycles. The number of nitrogen functional groups attached to an aromatic ring is 1. The van der Waals surface area contributed by atoms with Crippen molar-refractivity contribution in [3.05, 3.63) is 29.8 Å². The van der Waals surface area contributed by atoms with Crippen LogP contribution in [0.5, 0.6) is 0 Å². The second kappa shape index (κ2) is 7.02. The Morgan fingerprint density at radius 2 is 1.96 bits per heavy atom. The molecule has 1 aliphatic rings. The second-order valence-electron chi connectivity index (χ2n) is 6.16.